The van der Waals surface area contributed by atoms with E-state index >= 15 is 4.39 Å². The first-order chi connectivity index (χ1) is 20.7. The number of hydrazine groups is 2. The van der Waals surface area contributed by atoms with E-state index in [1.807, 2.05) is 19.1 Å². The van der Waals surface area contributed by atoms with E-state index in [9.17, 15) is 19.1 Å². The number of nitrogens with zero attached hydrogens (tertiary/aromatic N) is 6. The second-order valence-corrected chi connectivity index (χ2v) is 10.3. The van der Waals surface area contributed by atoms with Crippen LogP contribution in [-0.4, -0.2) is 85.5 Å². The Hall–Kier alpha value is -3.81. The maximum atomic E-state index is 15.2. The number of carbonyl (C=O) groups is 2. The average Bonchev–Trinajstić information content (AvgIpc) is 3.76. The van der Waals surface area contributed by atoms with Crippen molar-refractivity contribution in [2.75, 3.05) is 49.5 Å². The molecule has 0 aromatic heterocycles. The summed E-state index contributed by atoms with van der Waals surface area (Å²) in [6.07, 6.45) is 2.85. The lowest BCUT2D eigenvalue weighted by atomic mass is 9.85. The molecule has 5 rings (SSSR count). The zero-order valence-corrected chi connectivity index (χ0v) is 26.3. The Balaban J connectivity index is 0.00000442. The molecule has 3 heterocycles. The Bertz CT molecular complexity index is 1390. The molecule has 0 saturated carbocycles. The van der Waals surface area contributed by atoms with Crippen LogP contribution in [0.4, 0.5) is 29.7 Å². The van der Waals surface area contributed by atoms with E-state index in [4.69, 9.17) is 9.47 Å². The van der Waals surface area contributed by atoms with Crippen LogP contribution >= 0.6 is 0 Å². The number of anilines is 2. The molecule has 0 spiro atoms. The number of hydrogen-bond donors (Lipinski definition) is 4. The zero-order chi connectivity index (χ0) is 30.6. The second-order valence-electron chi connectivity index (χ2n) is 10.3. The third-order valence-electron chi connectivity index (χ3n) is 7.48. The highest BCUT2D eigenvalue weighted by atomic mass is 127. The van der Waals surface area contributed by atoms with E-state index in [2.05, 4.69) is 21.3 Å². The maximum absolute atomic E-state index is 15.2. The third kappa shape index (κ3) is 7.11. The Morgan fingerprint density at radius 1 is 1.14 bits per heavy atom. The van der Waals surface area contributed by atoms with Crippen molar-refractivity contribution >= 4 is 36.2 Å². The zero-order valence-electron chi connectivity index (χ0n) is 24.1. The minimum atomic E-state index is -1.97. The van der Waals surface area contributed by atoms with Gasteiger partial charge in [0.2, 0.25) is 0 Å². The average molecular weight is 730 g/mol. The van der Waals surface area contributed by atoms with Crippen molar-refractivity contribution in [1.82, 2.24) is 20.9 Å². The van der Waals surface area contributed by atoms with Gasteiger partial charge in [-0.3, -0.25) is 9.80 Å². The van der Waals surface area contributed by atoms with Gasteiger partial charge in [0.25, 0.3) is 0 Å². The fraction of sp³-hybridized carbons (Fsp3) is 0.407. The molecule has 3 atom stereocenters. The number of rotatable bonds is 11. The Kier molecular flexibility index (Phi) is 10.8. The molecular formula is C27H34F2IN9O5. The van der Waals surface area contributed by atoms with Crippen molar-refractivity contribution in [2.24, 2.45) is 10.2 Å². The molecule has 2 amide bonds. The van der Waals surface area contributed by atoms with Gasteiger partial charge in [-0.05, 0) is 49.7 Å². The molecule has 3 aliphatic heterocycles. The predicted octanol–water partition coefficient (Wildman–Crippen LogP) is -2.12. The van der Waals surface area contributed by atoms with Crippen LogP contribution in [0, 0.1) is 11.6 Å². The number of nitrogens with one attached hydrogen (secondary N) is 3. The summed E-state index contributed by atoms with van der Waals surface area (Å²) in [5, 5.41) is 22.5. The Labute approximate surface area is 269 Å². The number of ether oxygens (including phenoxy) is 2. The summed E-state index contributed by atoms with van der Waals surface area (Å²) in [5.74, 6) is -1.73. The lowest BCUT2D eigenvalue weighted by Crippen LogP contribution is -3.09. The van der Waals surface area contributed by atoms with Gasteiger partial charge >= 0.3 is 12.2 Å². The molecule has 14 nitrogen and oxygen atoms in total. The number of carbonyl (C=O) groups excluding carboxylic acids is 2. The van der Waals surface area contributed by atoms with Gasteiger partial charge in [-0.1, -0.05) is 12.0 Å². The first-order valence-electron chi connectivity index (χ1n) is 13.8. The molecule has 2 aromatic carbocycles. The first kappa shape index (κ1) is 33.1. The molecule has 0 bridgehead atoms. The highest BCUT2D eigenvalue weighted by Gasteiger charge is 2.49. The SMILES string of the molecule is CCCOC(=O)OCN1C=N[NH+](C[C@](O)(c2ccc(F)cc2F)[C@@H](C)N2CCN(c3ccc(N4C=NNN4)cc3)C2=O)C1.[I-]. The number of benzene rings is 2. The Morgan fingerprint density at radius 2 is 1.89 bits per heavy atom. The van der Waals surface area contributed by atoms with Gasteiger partial charge < -0.3 is 43.5 Å². The van der Waals surface area contributed by atoms with E-state index in [-0.39, 0.29) is 68.7 Å². The van der Waals surface area contributed by atoms with Gasteiger partial charge in [-0.2, -0.15) is 10.1 Å². The number of hydrogen-bond acceptors (Lipinski definition) is 11. The van der Waals surface area contributed by atoms with Crippen LogP contribution < -0.4 is 50.0 Å². The van der Waals surface area contributed by atoms with Gasteiger partial charge in [0.05, 0.1) is 18.3 Å². The van der Waals surface area contributed by atoms with Crippen LogP contribution in [0.15, 0.2) is 52.7 Å². The predicted molar refractivity (Wildman–Crippen MR) is 151 cm³/mol. The second kappa shape index (κ2) is 14.3. The summed E-state index contributed by atoms with van der Waals surface area (Å²) in [6, 6.07) is 8.87. The number of urea groups is 1. The van der Waals surface area contributed by atoms with Crippen LogP contribution in [0.1, 0.15) is 25.8 Å². The van der Waals surface area contributed by atoms with Crippen LogP contribution in [0.2, 0.25) is 0 Å². The molecule has 238 valence electrons. The molecule has 3 aliphatic rings. The molecule has 1 fully saturated rings. The summed E-state index contributed by atoms with van der Waals surface area (Å²) >= 11 is 0. The van der Waals surface area contributed by atoms with E-state index in [0.29, 0.717) is 29.7 Å². The molecule has 0 aliphatic carbocycles. The van der Waals surface area contributed by atoms with E-state index in [0.717, 1.165) is 11.8 Å². The molecule has 1 saturated heterocycles. The highest BCUT2D eigenvalue weighted by Crippen LogP contribution is 2.33. The van der Waals surface area contributed by atoms with Gasteiger partial charge in [0, 0.05) is 30.4 Å². The van der Waals surface area contributed by atoms with Crippen molar-refractivity contribution in [2.45, 2.75) is 31.9 Å². The summed E-state index contributed by atoms with van der Waals surface area (Å²) in [7, 11) is 0. The lowest BCUT2D eigenvalue weighted by molar-refractivity contribution is -0.915. The van der Waals surface area contributed by atoms with Gasteiger partial charge in [0.1, 0.15) is 24.5 Å². The summed E-state index contributed by atoms with van der Waals surface area (Å²) < 4.78 is 39.0. The normalized spacial score (nSPS) is 19.6. The van der Waals surface area contributed by atoms with Gasteiger partial charge in [-0.25, -0.2) is 28.9 Å². The summed E-state index contributed by atoms with van der Waals surface area (Å²) in [6.45, 7) is 4.20. The van der Waals surface area contributed by atoms with Crippen molar-refractivity contribution in [3.05, 3.63) is 59.7 Å². The monoisotopic (exact) mass is 729 g/mol. The van der Waals surface area contributed by atoms with Gasteiger partial charge in [0.15, 0.2) is 25.3 Å². The van der Waals surface area contributed by atoms with Crippen LogP contribution in [0.25, 0.3) is 0 Å². The van der Waals surface area contributed by atoms with Crippen molar-refractivity contribution < 1.29 is 61.9 Å². The molecule has 2 aromatic rings. The van der Waals surface area contributed by atoms with Crippen molar-refractivity contribution in [1.29, 1.82) is 0 Å². The highest BCUT2D eigenvalue weighted by molar-refractivity contribution is 5.94. The van der Waals surface area contributed by atoms with E-state index < -0.39 is 29.4 Å². The van der Waals surface area contributed by atoms with Gasteiger partial charge in [-0.15, -0.1) is 5.53 Å². The number of halogens is 3. The van der Waals surface area contributed by atoms with Crippen molar-refractivity contribution in [3.63, 3.8) is 0 Å². The molecule has 1 unspecified atom stereocenters. The number of amides is 2. The number of hydrazone groups is 1. The molecular weight excluding hydrogens is 695 g/mol. The largest absolute Gasteiger partial charge is 1.00 e. The molecule has 17 heteroatoms. The van der Waals surface area contributed by atoms with E-state index in [1.165, 1.54) is 17.3 Å². The molecule has 44 heavy (non-hydrogen) atoms. The smallest absolute Gasteiger partial charge is 0.510 e. The number of quaternary nitrogens is 1. The first-order valence-corrected chi connectivity index (χ1v) is 13.8. The van der Waals surface area contributed by atoms with Crippen molar-refractivity contribution in [3.8, 4) is 0 Å². The standard InChI is InChI=1S/C27H33F2N9O5.HI/c1-3-12-42-26(40)43-18-34-16-31-35(17-34)14-27(41,23-9-4-20(28)13-24(23)29)19(2)36-10-11-37(25(36)39)21-5-7-22(8-6-21)38-15-30-32-33-38;/h4-9,13,15-16,19,32-33,41H,3,10-12,14,17-18H2,1-2H3;1H/t19-,27-;/m1./s1. The molecule has 4 N–H and O–H groups in total. The Morgan fingerprint density at radius 3 is 2.57 bits per heavy atom. The van der Waals surface area contributed by atoms with Crippen LogP contribution in [-0.2, 0) is 15.1 Å². The van der Waals surface area contributed by atoms with E-state index in [1.54, 1.807) is 40.2 Å². The number of aliphatic hydroxyl groups is 1. The third-order valence-corrected chi connectivity index (χ3v) is 7.48. The minimum Gasteiger partial charge on any atom is -1.00 e. The lowest BCUT2D eigenvalue weighted by Gasteiger charge is -2.39. The molecule has 0 radical (unpaired) electrons. The van der Waals surface area contributed by atoms with Crippen LogP contribution in [0.5, 0.6) is 0 Å². The maximum Gasteiger partial charge on any atom is 0.510 e. The fourth-order valence-corrected chi connectivity index (χ4v) is 5.18. The summed E-state index contributed by atoms with van der Waals surface area (Å²) in [5.41, 5.74) is 4.75. The minimum absolute atomic E-state index is 0. The fourth-order valence-electron chi connectivity index (χ4n) is 5.18. The van der Waals surface area contributed by atoms with Crippen LogP contribution in [0.3, 0.4) is 0 Å². The topological polar surface area (TPSA) is 139 Å². The quantitative estimate of drug-likeness (QED) is 0.151. The summed E-state index contributed by atoms with van der Waals surface area (Å²) in [4.78, 5) is 30.0.